The number of carbonyl (C=O) groups is 3. The fourth-order valence-electron chi connectivity index (χ4n) is 7.21. The Bertz CT molecular complexity index is 1620. The zero-order valence-corrected chi connectivity index (χ0v) is 22.1. The number of allylic oxidation sites excluding steroid dienone is 2. The first kappa shape index (κ1) is 28.0. The molecule has 0 aliphatic heterocycles. The van der Waals surface area contributed by atoms with Gasteiger partial charge in [0.2, 0.25) is 5.78 Å². The molecule has 0 fully saturated rings. The van der Waals surface area contributed by atoms with Crippen LogP contribution < -0.4 is 11.1 Å². The molecule has 0 aromatic heterocycles. The minimum atomic E-state index is -4.90. The third-order valence-corrected chi connectivity index (χ3v) is 9.06. The van der Waals surface area contributed by atoms with Crippen LogP contribution in [-0.4, -0.2) is 49.5 Å². The van der Waals surface area contributed by atoms with Crippen molar-refractivity contribution in [2.75, 3.05) is 0 Å². The lowest BCUT2D eigenvalue weighted by Gasteiger charge is -2.45. The number of rotatable bonds is 4. The SMILES string of the molecule is NC(=O)C1=C(O)C[C@@H]2CC3Cc4c(c(O)cc(CNC5Cc6ccccc6C5)c4C(F)(F)F)C(=O)C3=C(O)[C@]2(O)C1=O. The summed E-state index contributed by atoms with van der Waals surface area (Å²) >= 11 is 0. The van der Waals surface area contributed by atoms with Crippen LogP contribution >= 0.6 is 0 Å². The topological polar surface area (TPSA) is 170 Å². The van der Waals surface area contributed by atoms with Gasteiger partial charge in [0.05, 0.1) is 11.1 Å². The summed E-state index contributed by atoms with van der Waals surface area (Å²) in [5.74, 6) is -8.78. The van der Waals surface area contributed by atoms with E-state index in [1.165, 1.54) is 0 Å². The maximum absolute atomic E-state index is 14.6. The Morgan fingerprint density at radius 1 is 1.05 bits per heavy atom. The van der Waals surface area contributed by atoms with Crippen molar-refractivity contribution in [2.45, 2.75) is 56.5 Å². The van der Waals surface area contributed by atoms with Crippen LogP contribution in [0.4, 0.5) is 13.2 Å². The minimum Gasteiger partial charge on any atom is -0.511 e. The highest BCUT2D eigenvalue weighted by atomic mass is 19.4. The van der Waals surface area contributed by atoms with Crippen LogP contribution in [0.25, 0.3) is 0 Å². The quantitative estimate of drug-likeness (QED) is 0.298. The number of phenolic OH excluding ortho intramolecular Hbond substituents is 1. The molecule has 2 aromatic carbocycles. The van der Waals surface area contributed by atoms with E-state index < -0.39 is 99.0 Å². The van der Waals surface area contributed by atoms with Crippen molar-refractivity contribution in [1.29, 1.82) is 0 Å². The molecule has 3 atom stereocenters. The number of nitrogens with two attached hydrogens (primary N) is 1. The number of benzene rings is 2. The second kappa shape index (κ2) is 9.43. The van der Waals surface area contributed by atoms with Crippen molar-refractivity contribution in [3.63, 3.8) is 0 Å². The summed E-state index contributed by atoms with van der Waals surface area (Å²) in [5, 5.41) is 46.7. The first-order chi connectivity index (χ1) is 19.7. The van der Waals surface area contributed by atoms with Crippen molar-refractivity contribution in [3.8, 4) is 5.75 Å². The number of primary amides is 1. The van der Waals surface area contributed by atoms with Gasteiger partial charge >= 0.3 is 6.18 Å². The van der Waals surface area contributed by atoms with Crippen molar-refractivity contribution >= 4 is 17.5 Å². The highest BCUT2D eigenvalue weighted by Gasteiger charge is 2.60. The fraction of sp³-hybridized carbons (Fsp3) is 0.367. The van der Waals surface area contributed by atoms with E-state index in [9.17, 15) is 48.0 Å². The Labute approximate surface area is 237 Å². The molecular weight excluding hydrogens is 557 g/mol. The smallest absolute Gasteiger partial charge is 0.417 e. The van der Waals surface area contributed by atoms with Gasteiger partial charge < -0.3 is 31.5 Å². The molecule has 7 N–H and O–H groups in total. The Hall–Kier alpha value is -4.16. The molecule has 220 valence electrons. The van der Waals surface area contributed by atoms with E-state index in [1.807, 2.05) is 24.3 Å². The van der Waals surface area contributed by atoms with E-state index >= 15 is 0 Å². The number of halogens is 3. The van der Waals surface area contributed by atoms with Gasteiger partial charge in [-0.05, 0) is 59.9 Å². The Balaban J connectivity index is 1.40. The van der Waals surface area contributed by atoms with Crippen LogP contribution in [0.15, 0.2) is 53.0 Å². The number of phenols is 1. The predicted molar refractivity (Wildman–Crippen MR) is 140 cm³/mol. The molecule has 1 unspecified atom stereocenters. The normalized spacial score (nSPS) is 25.7. The molecule has 0 radical (unpaired) electrons. The van der Waals surface area contributed by atoms with Gasteiger partial charge in [0.25, 0.3) is 5.91 Å². The van der Waals surface area contributed by atoms with Gasteiger partial charge in [0, 0.05) is 30.5 Å². The molecule has 6 rings (SSSR count). The van der Waals surface area contributed by atoms with E-state index in [4.69, 9.17) is 5.73 Å². The average molecular weight is 585 g/mol. The number of aliphatic hydroxyl groups is 3. The molecule has 4 aliphatic carbocycles. The highest BCUT2D eigenvalue weighted by molar-refractivity contribution is 6.24. The predicted octanol–water partition coefficient (Wildman–Crippen LogP) is 2.86. The summed E-state index contributed by atoms with van der Waals surface area (Å²) in [5.41, 5.74) is 0.733. The monoisotopic (exact) mass is 584 g/mol. The standard InChI is InChI=1S/C30H27F3N2O7/c31-30(32,33)24-15(11-35-17-6-12-3-1-2-4-13(12)7-17)9-19(36)22-18(24)8-14-5-16-10-20(37)23(28(34)41)27(40)29(16,42)26(39)21(14)25(22)38/h1-4,9,14,16-17,35-37,39,42H,5-8,10-11H2,(H2,34,41)/t14?,16-,29-/m0/s1. The largest absolute Gasteiger partial charge is 0.511 e. The summed E-state index contributed by atoms with van der Waals surface area (Å²) in [4.78, 5) is 38.4. The summed E-state index contributed by atoms with van der Waals surface area (Å²) < 4.78 is 43.8. The molecule has 0 heterocycles. The van der Waals surface area contributed by atoms with Gasteiger partial charge in [0.1, 0.15) is 22.8 Å². The minimum absolute atomic E-state index is 0.124. The Morgan fingerprint density at radius 3 is 2.29 bits per heavy atom. The summed E-state index contributed by atoms with van der Waals surface area (Å²) in [7, 11) is 0. The number of hydrogen-bond acceptors (Lipinski definition) is 8. The number of ketones is 2. The number of fused-ring (bicyclic) bond motifs is 4. The Kier molecular flexibility index (Phi) is 6.28. The number of hydrogen-bond donors (Lipinski definition) is 6. The van der Waals surface area contributed by atoms with Gasteiger partial charge in [-0.1, -0.05) is 24.3 Å². The van der Waals surface area contributed by atoms with E-state index in [0.29, 0.717) is 12.8 Å². The molecule has 1 amide bonds. The van der Waals surface area contributed by atoms with Crippen LogP contribution in [0, 0.1) is 11.8 Å². The number of amides is 1. The van der Waals surface area contributed by atoms with Gasteiger partial charge in [-0.15, -0.1) is 0 Å². The number of nitrogens with one attached hydrogen (secondary N) is 1. The zero-order valence-electron chi connectivity index (χ0n) is 22.1. The van der Waals surface area contributed by atoms with E-state index in [1.54, 1.807) is 0 Å². The third kappa shape index (κ3) is 4.03. The Morgan fingerprint density at radius 2 is 1.69 bits per heavy atom. The number of alkyl halides is 3. The molecule has 0 saturated heterocycles. The molecule has 0 bridgehead atoms. The van der Waals surface area contributed by atoms with Crippen LogP contribution in [0.3, 0.4) is 0 Å². The second-order valence-electron chi connectivity index (χ2n) is 11.4. The highest BCUT2D eigenvalue weighted by Crippen LogP contribution is 2.53. The molecule has 42 heavy (non-hydrogen) atoms. The van der Waals surface area contributed by atoms with Gasteiger partial charge in [0.15, 0.2) is 11.4 Å². The van der Waals surface area contributed by atoms with Crippen LogP contribution in [0.2, 0.25) is 0 Å². The first-order valence-electron chi connectivity index (χ1n) is 13.5. The maximum atomic E-state index is 14.6. The number of aliphatic hydroxyl groups excluding tert-OH is 2. The average Bonchev–Trinajstić information content (AvgIpc) is 3.31. The van der Waals surface area contributed by atoms with Crippen molar-refractivity contribution < 1.29 is 48.0 Å². The molecule has 0 saturated carbocycles. The lowest BCUT2D eigenvalue weighted by molar-refractivity contribution is -0.144. The molecule has 9 nitrogen and oxygen atoms in total. The molecule has 2 aromatic rings. The zero-order chi connectivity index (χ0) is 30.3. The maximum Gasteiger partial charge on any atom is 0.417 e. The third-order valence-electron chi connectivity index (χ3n) is 9.06. The van der Waals surface area contributed by atoms with Gasteiger partial charge in [-0.25, -0.2) is 0 Å². The van der Waals surface area contributed by atoms with Crippen LogP contribution in [0.1, 0.15) is 51.0 Å². The second-order valence-corrected chi connectivity index (χ2v) is 11.4. The molecular formula is C30H27F3N2O7. The van der Waals surface area contributed by atoms with Gasteiger partial charge in [-0.3, -0.25) is 14.4 Å². The summed E-state index contributed by atoms with van der Waals surface area (Å²) in [6.07, 6.45) is -4.80. The molecule has 12 heteroatoms. The van der Waals surface area contributed by atoms with Crippen LogP contribution in [0.5, 0.6) is 5.75 Å². The van der Waals surface area contributed by atoms with Crippen molar-refractivity contribution in [3.05, 3.63) is 86.4 Å². The van der Waals surface area contributed by atoms with E-state index in [2.05, 4.69) is 5.32 Å². The first-order valence-corrected chi connectivity index (χ1v) is 13.5. The fourth-order valence-corrected chi connectivity index (χ4v) is 7.21. The number of carbonyl (C=O) groups excluding carboxylic acids is 3. The lowest BCUT2D eigenvalue weighted by atomic mass is 9.60. The van der Waals surface area contributed by atoms with E-state index in [0.717, 1.165) is 17.2 Å². The van der Waals surface area contributed by atoms with E-state index in [-0.39, 0.29) is 24.6 Å². The summed E-state index contributed by atoms with van der Waals surface area (Å²) in [6, 6.07) is 8.47. The molecule has 4 aliphatic rings. The summed E-state index contributed by atoms with van der Waals surface area (Å²) in [6.45, 7) is -0.230. The van der Waals surface area contributed by atoms with Crippen molar-refractivity contribution in [1.82, 2.24) is 5.32 Å². The van der Waals surface area contributed by atoms with Crippen LogP contribution in [-0.2, 0) is 41.6 Å². The van der Waals surface area contributed by atoms with Crippen molar-refractivity contribution in [2.24, 2.45) is 17.6 Å². The molecule has 0 spiro atoms. The van der Waals surface area contributed by atoms with Gasteiger partial charge in [-0.2, -0.15) is 13.2 Å². The number of aromatic hydroxyl groups is 1. The number of Topliss-reactive ketones (excluding diaryl/α,β-unsaturated/α-hetero) is 2. The lowest BCUT2D eigenvalue weighted by Crippen LogP contribution is -2.57.